The van der Waals surface area contributed by atoms with Gasteiger partial charge in [-0.2, -0.15) is 5.26 Å². The Morgan fingerprint density at radius 2 is 2.11 bits per heavy atom. The summed E-state index contributed by atoms with van der Waals surface area (Å²) in [4.78, 5) is 12.8. The van der Waals surface area contributed by atoms with Crippen molar-refractivity contribution in [1.29, 1.82) is 5.26 Å². The molecular weight excluding hydrogens is 254 g/mol. The number of carbonyl (C=O) groups excluding carboxylic acids is 1. The maximum absolute atomic E-state index is 12.2. The van der Waals surface area contributed by atoms with Gasteiger partial charge < -0.3 is 0 Å². The maximum atomic E-state index is 12.2. The maximum Gasteiger partial charge on any atom is 0.213 e. The second kappa shape index (κ2) is 5.64. The molecule has 0 saturated carbocycles. The van der Waals surface area contributed by atoms with Crippen LogP contribution in [0.4, 0.5) is 0 Å². The van der Waals surface area contributed by atoms with Gasteiger partial charge in [-0.15, -0.1) is 11.3 Å². The largest absolute Gasteiger partial charge is 0.287 e. The molecule has 2 nitrogen and oxygen atoms in total. The number of aryl methyl sites for hydroxylation is 2. The van der Waals surface area contributed by atoms with E-state index in [4.69, 9.17) is 0 Å². The lowest BCUT2D eigenvalue weighted by Crippen LogP contribution is -1.99. The normalized spacial score (nSPS) is 11.1. The van der Waals surface area contributed by atoms with Crippen molar-refractivity contribution in [1.82, 2.24) is 0 Å². The molecule has 19 heavy (non-hydrogen) atoms. The van der Waals surface area contributed by atoms with Crippen LogP contribution in [0.25, 0.3) is 6.08 Å². The molecule has 0 bridgehead atoms. The standard InChI is InChI=1S/C16H13NOS/c1-11-5-6-12(2)13(8-11)9-14(10-17)16(18)15-4-3-7-19-15/h3-9H,1-2H3/b14-9+. The molecule has 0 N–H and O–H groups in total. The molecule has 0 atom stereocenters. The number of allylic oxidation sites excluding steroid dienone is 1. The van der Waals surface area contributed by atoms with Crippen LogP contribution < -0.4 is 0 Å². The Hall–Kier alpha value is -2.18. The quantitative estimate of drug-likeness (QED) is 0.476. The van der Waals surface area contributed by atoms with Crippen molar-refractivity contribution < 1.29 is 4.79 Å². The number of nitrogens with zero attached hydrogens (tertiary/aromatic N) is 1. The molecule has 0 aliphatic rings. The van der Waals surface area contributed by atoms with Crippen molar-refractivity contribution in [3.8, 4) is 6.07 Å². The van der Waals surface area contributed by atoms with E-state index in [9.17, 15) is 10.1 Å². The molecule has 0 amide bonds. The lowest BCUT2D eigenvalue weighted by molar-refractivity contribution is 0.104. The predicted molar refractivity (Wildman–Crippen MR) is 78.2 cm³/mol. The molecule has 0 aliphatic carbocycles. The van der Waals surface area contributed by atoms with Gasteiger partial charge in [-0.3, -0.25) is 4.79 Å². The number of Topliss-reactive ketones (excluding diaryl/α,β-unsaturated/α-hetero) is 1. The summed E-state index contributed by atoms with van der Waals surface area (Å²) < 4.78 is 0. The first-order valence-electron chi connectivity index (χ1n) is 5.89. The van der Waals surface area contributed by atoms with Gasteiger partial charge in [0.15, 0.2) is 0 Å². The van der Waals surface area contributed by atoms with Crippen LogP contribution in [0.1, 0.15) is 26.4 Å². The molecule has 0 aliphatic heterocycles. The van der Waals surface area contributed by atoms with Crippen LogP contribution in [0.15, 0.2) is 41.3 Å². The topological polar surface area (TPSA) is 40.9 Å². The number of hydrogen-bond donors (Lipinski definition) is 0. The highest BCUT2D eigenvalue weighted by Gasteiger charge is 2.13. The Morgan fingerprint density at radius 1 is 1.32 bits per heavy atom. The summed E-state index contributed by atoms with van der Waals surface area (Å²) >= 11 is 1.35. The fraction of sp³-hybridized carbons (Fsp3) is 0.125. The zero-order chi connectivity index (χ0) is 13.8. The average Bonchev–Trinajstić information content (AvgIpc) is 2.93. The third-order valence-electron chi connectivity index (χ3n) is 2.84. The van der Waals surface area contributed by atoms with E-state index >= 15 is 0 Å². The van der Waals surface area contributed by atoms with E-state index in [-0.39, 0.29) is 11.4 Å². The van der Waals surface area contributed by atoms with Gasteiger partial charge in [0.2, 0.25) is 5.78 Å². The SMILES string of the molecule is Cc1ccc(C)c(/C=C(\C#N)C(=O)c2cccs2)c1. The number of rotatable bonds is 3. The Bertz CT molecular complexity index is 675. The Kier molecular flexibility index (Phi) is 3.94. The third-order valence-corrected chi connectivity index (χ3v) is 3.71. The molecule has 3 heteroatoms. The van der Waals surface area contributed by atoms with Gasteiger partial charge in [-0.05, 0) is 42.5 Å². The first-order valence-corrected chi connectivity index (χ1v) is 6.77. The van der Waals surface area contributed by atoms with Gasteiger partial charge in [0, 0.05) is 0 Å². The summed E-state index contributed by atoms with van der Waals surface area (Å²) in [5.74, 6) is -0.210. The van der Waals surface area contributed by atoms with Crippen molar-refractivity contribution in [2.24, 2.45) is 0 Å². The highest BCUT2D eigenvalue weighted by Crippen LogP contribution is 2.19. The highest BCUT2D eigenvalue weighted by molar-refractivity contribution is 7.12. The van der Waals surface area contributed by atoms with Crippen LogP contribution >= 0.6 is 11.3 Å². The molecule has 1 aromatic carbocycles. The minimum Gasteiger partial charge on any atom is -0.287 e. The minimum atomic E-state index is -0.210. The van der Waals surface area contributed by atoms with Gasteiger partial charge in [-0.25, -0.2) is 0 Å². The molecule has 0 radical (unpaired) electrons. The second-order valence-corrected chi connectivity index (χ2v) is 5.28. The molecular formula is C16H13NOS. The van der Waals surface area contributed by atoms with E-state index in [2.05, 4.69) is 0 Å². The number of ketones is 1. The lowest BCUT2D eigenvalue weighted by atomic mass is 10.0. The summed E-state index contributed by atoms with van der Waals surface area (Å²) in [7, 11) is 0. The Balaban J connectivity index is 2.42. The van der Waals surface area contributed by atoms with Crippen molar-refractivity contribution >= 4 is 23.2 Å². The average molecular weight is 267 g/mol. The first kappa shape index (κ1) is 13.3. The van der Waals surface area contributed by atoms with E-state index in [1.165, 1.54) is 11.3 Å². The van der Waals surface area contributed by atoms with Crippen molar-refractivity contribution in [3.63, 3.8) is 0 Å². The number of hydrogen-bond acceptors (Lipinski definition) is 3. The van der Waals surface area contributed by atoms with Crippen LogP contribution in [0.2, 0.25) is 0 Å². The zero-order valence-corrected chi connectivity index (χ0v) is 11.6. The van der Waals surface area contributed by atoms with Crippen LogP contribution in [-0.4, -0.2) is 5.78 Å². The molecule has 0 saturated heterocycles. The van der Waals surface area contributed by atoms with E-state index in [0.29, 0.717) is 4.88 Å². The smallest absolute Gasteiger partial charge is 0.213 e. The third kappa shape index (κ3) is 2.98. The number of nitriles is 1. The van der Waals surface area contributed by atoms with Gasteiger partial charge in [-0.1, -0.05) is 29.8 Å². The molecule has 1 aromatic heterocycles. The van der Waals surface area contributed by atoms with Crippen molar-refractivity contribution in [2.75, 3.05) is 0 Å². The molecule has 0 spiro atoms. The lowest BCUT2D eigenvalue weighted by Gasteiger charge is -2.03. The summed E-state index contributed by atoms with van der Waals surface area (Å²) in [5.41, 5.74) is 3.26. The highest BCUT2D eigenvalue weighted by atomic mass is 32.1. The van der Waals surface area contributed by atoms with E-state index in [1.807, 2.05) is 49.6 Å². The molecule has 94 valence electrons. The molecule has 0 unspecified atom stereocenters. The summed E-state index contributed by atoms with van der Waals surface area (Å²) in [6, 6.07) is 11.5. The van der Waals surface area contributed by atoms with E-state index in [1.54, 1.807) is 12.1 Å². The summed E-state index contributed by atoms with van der Waals surface area (Å²) in [6.45, 7) is 3.96. The first-order chi connectivity index (χ1) is 9.11. The molecule has 2 rings (SSSR count). The second-order valence-electron chi connectivity index (χ2n) is 4.34. The summed E-state index contributed by atoms with van der Waals surface area (Å²) in [5, 5.41) is 11.0. The van der Waals surface area contributed by atoms with Crippen LogP contribution in [0.5, 0.6) is 0 Å². The Labute approximate surface area is 116 Å². The number of benzene rings is 1. The van der Waals surface area contributed by atoms with Crippen LogP contribution in [0, 0.1) is 25.2 Å². The van der Waals surface area contributed by atoms with Gasteiger partial charge >= 0.3 is 0 Å². The number of carbonyl (C=O) groups is 1. The number of thiophene rings is 1. The van der Waals surface area contributed by atoms with Gasteiger partial charge in [0.05, 0.1) is 4.88 Å². The van der Waals surface area contributed by atoms with Crippen molar-refractivity contribution in [2.45, 2.75) is 13.8 Å². The van der Waals surface area contributed by atoms with E-state index in [0.717, 1.165) is 16.7 Å². The molecule has 2 aromatic rings. The predicted octanol–water partition coefficient (Wildman–Crippen LogP) is 4.15. The van der Waals surface area contributed by atoms with Gasteiger partial charge in [0.1, 0.15) is 11.6 Å². The monoisotopic (exact) mass is 267 g/mol. The van der Waals surface area contributed by atoms with Crippen LogP contribution in [0.3, 0.4) is 0 Å². The fourth-order valence-corrected chi connectivity index (χ4v) is 2.44. The van der Waals surface area contributed by atoms with Crippen LogP contribution in [-0.2, 0) is 0 Å². The van der Waals surface area contributed by atoms with Gasteiger partial charge in [0.25, 0.3) is 0 Å². The fourth-order valence-electron chi connectivity index (χ4n) is 1.76. The zero-order valence-electron chi connectivity index (χ0n) is 10.8. The molecule has 0 fully saturated rings. The Morgan fingerprint density at radius 3 is 2.74 bits per heavy atom. The van der Waals surface area contributed by atoms with E-state index < -0.39 is 0 Å². The summed E-state index contributed by atoms with van der Waals surface area (Å²) in [6.07, 6.45) is 1.67. The van der Waals surface area contributed by atoms with Crippen molar-refractivity contribution in [3.05, 3.63) is 62.9 Å². The minimum absolute atomic E-state index is 0.177. The molecule has 1 heterocycles.